The quantitative estimate of drug-likeness (QED) is 0.882. The molecule has 3 rings (SSSR count). The van der Waals surface area contributed by atoms with Crippen LogP contribution in [0.2, 0.25) is 0 Å². The highest BCUT2D eigenvalue weighted by Crippen LogP contribution is 2.16. The van der Waals surface area contributed by atoms with Gasteiger partial charge >= 0.3 is 0 Å². The molecule has 5 heteroatoms. The van der Waals surface area contributed by atoms with E-state index in [1.807, 2.05) is 0 Å². The molecule has 0 spiro atoms. The third-order valence-corrected chi connectivity index (χ3v) is 5.52. The van der Waals surface area contributed by atoms with Crippen molar-refractivity contribution in [1.29, 1.82) is 0 Å². The first kappa shape index (κ1) is 17.4. The maximum Gasteiger partial charge on any atom is 0.190 e. The summed E-state index contributed by atoms with van der Waals surface area (Å²) in [6.45, 7) is 12.8. The fourth-order valence-corrected chi connectivity index (χ4v) is 4.22. The lowest BCUT2D eigenvalue weighted by atomic mass is 10.1. The fourth-order valence-electron chi connectivity index (χ4n) is 3.30. The van der Waals surface area contributed by atoms with Crippen LogP contribution in [0.25, 0.3) is 0 Å². The van der Waals surface area contributed by atoms with Gasteiger partial charge in [0.25, 0.3) is 0 Å². The molecule has 1 aromatic heterocycles. The number of rotatable bonds is 5. The Morgan fingerprint density at radius 2 is 1.83 bits per heavy atom. The Kier molecular flexibility index (Phi) is 5.87. The zero-order valence-electron chi connectivity index (χ0n) is 15.0. The second kappa shape index (κ2) is 8.10. The van der Waals surface area contributed by atoms with E-state index in [9.17, 15) is 0 Å². The lowest BCUT2D eigenvalue weighted by Gasteiger charge is -2.23. The van der Waals surface area contributed by atoms with Gasteiger partial charge in [-0.1, -0.05) is 6.07 Å². The second-order valence-corrected chi connectivity index (χ2v) is 7.57. The Morgan fingerprint density at radius 1 is 1.12 bits per heavy atom. The molecule has 1 aliphatic heterocycles. The van der Waals surface area contributed by atoms with Gasteiger partial charge in [-0.15, -0.1) is 11.3 Å². The third-order valence-electron chi connectivity index (χ3n) is 4.53. The van der Waals surface area contributed by atoms with Crippen LogP contribution in [0, 0.1) is 20.8 Å². The van der Waals surface area contributed by atoms with E-state index in [0.29, 0.717) is 0 Å². The van der Waals surface area contributed by atoms with Crippen molar-refractivity contribution in [3.05, 3.63) is 45.2 Å². The highest BCUT2D eigenvalue weighted by Gasteiger charge is 2.13. The van der Waals surface area contributed by atoms with Gasteiger partial charge in [-0.05, 0) is 44.0 Å². The average molecular weight is 347 g/mol. The average Bonchev–Trinajstić information content (AvgIpc) is 2.88. The Bertz CT molecular complexity index is 721. The Hall–Kier alpha value is -1.43. The summed E-state index contributed by atoms with van der Waals surface area (Å²) in [6.07, 6.45) is 1.19. The molecule has 0 amide bonds. The van der Waals surface area contributed by atoms with Crippen molar-refractivity contribution >= 4 is 17.0 Å². The number of aromatic nitrogens is 1. The zero-order valence-corrected chi connectivity index (χ0v) is 15.8. The van der Waals surface area contributed by atoms with Crippen LogP contribution in [-0.2, 0) is 11.3 Å². The van der Waals surface area contributed by atoms with E-state index in [2.05, 4.69) is 48.9 Å². The Labute approximate surface area is 148 Å². The van der Waals surface area contributed by atoms with Gasteiger partial charge in [0.2, 0.25) is 0 Å². The van der Waals surface area contributed by atoms with Crippen molar-refractivity contribution in [1.82, 2.24) is 4.57 Å². The van der Waals surface area contributed by atoms with Crippen LogP contribution in [0.4, 0.5) is 5.69 Å². The minimum absolute atomic E-state index is 0.910. The standard InChI is InChI=1S/C19H27N3OS/c1-15-11-16(2)13-18(12-15)20-19-22(17(3)14-24-19)6-4-5-21-7-9-23-10-8-21/h11-14H,4-10H2,1-3H3/p+1. The van der Waals surface area contributed by atoms with Crippen molar-refractivity contribution in [3.63, 3.8) is 0 Å². The summed E-state index contributed by atoms with van der Waals surface area (Å²) >= 11 is 1.74. The molecule has 0 unspecified atom stereocenters. The van der Waals surface area contributed by atoms with Gasteiger partial charge in [-0.25, -0.2) is 4.99 Å². The number of aryl methyl sites for hydroxylation is 3. The van der Waals surface area contributed by atoms with Crippen molar-refractivity contribution in [2.45, 2.75) is 33.7 Å². The number of hydrogen-bond acceptors (Lipinski definition) is 3. The summed E-state index contributed by atoms with van der Waals surface area (Å²) < 4.78 is 7.80. The minimum Gasteiger partial charge on any atom is -0.370 e. The summed E-state index contributed by atoms with van der Waals surface area (Å²) in [4.78, 5) is 7.68. The van der Waals surface area contributed by atoms with Crippen LogP contribution < -0.4 is 9.70 Å². The molecule has 0 radical (unpaired) electrons. The molecule has 130 valence electrons. The smallest absolute Gasteiger partial charge is 0.190 e. The first-order chi connectivity index (χ1) is 11.6. The number of benzene rings is 1. The van der Waals surface area contributed by atoms with Gasteiger partial charge in [0.1, 0.15) is 13.1 Å². The van der Waals surface area contributed by atoms with Gasteiger partial charge in [0.05, 0.1) is 25.4 Å². The summed E-state index contributed by atoms with van der Waals surface area (Å²) in [5, 5.41) is 2.21. The maximum absolute atomic E-state index is 5.44. The van der Waals surface area contributed by atoms with E-state index in [4.69, 9.17) is 9.73 Å². The molecule has 4 nitrogen and oxygen atoms in total. The number of ether oxygens (including phenoxy) is 1. The van der Waals surface area contributed by atoms with Crippen LogP contribution in [0.5, 0.6) is 0 Å². The molecular weight excluding hydrogens is 318 g/mol. The predicted molar refractivity (Wildman–Crippen MR) is 99.2 cm³/mol. The van der Waals surface area contributed by atoms with Crippen LogP contribution in [-0.4, -0.2) is 37.4 Å². The molecule has 1 aromatic carbocycles. The van der Waals surface area contributed by atoms with Crippen LogP contribution in [0.1, 0.15) is 23.2 Å². The number of hydrogen-bond donors (Lipinski definition) is 1. The number of thiazole rings is 1. The molecule has 1 aliphatic rings. The first-order valence-electron chi connectivity index (χ1n) is 8.81. The Balaban J connectivity index is 1.72. The largest absolute Gasteiger partial charge is 0.370 e. The van der Waals surface area contributed by atoms with Crippen LogP contribution >= 0.6 is 11.3 Å². The zero-order chi connectivity index (χ0) is 16.9. The maximum atomic E-state index is 5.44. The highest BCUT2D eigenvalue weighted by atomic mass is 32.1. The summed E-state index contributed by atoms with van der Waals surface area (Å²) in [5.74, 6) is 0. The molecule has 1 fully saturated rings. The molecule has 0 bridgehead atoms. The monoisotopic (exact) mass is 346 g/mol. The summed E-state index contributed by atoms with van der Waals surface area (Å²) in [7, 11) is 0. The first-order valence-corrected chi connectivity index (χ1v) is 9.69. The van der Waals surface area contributed by atoms with E-state index in [1.165, 1.54) is 29.8 Å². The lowest BCUT2D eigenvalue weighted by molar-refractivity contribution is -0.908. The van der Waals surface area contributed by atoms with Gasteiger partial charge < -0.3 is 14.2 Å². The van der Waals surface area contributed by atoms with E-state index in [-0.39, 0.29) is 0 Å². The van der Waals surface area contributed by atoms with Gasteiger partial charge in [0, 0.05) is 24.0 Å². The van der Waals surface area contributed by atoms with Gasteiger partial charge in [-0.3, -0.25) is 0 Å². The van der Waals surface area contributed by atoms with Gasteiger partial charge in [-0.2, -0.15) is 0 Å². The molecule has 24 heavy (non-hydrogen) atoms. The van der Waals surface area contributed by atoms with E-state index in [0.717, 1.165) is 43.3 Å². The number of quaternary nitrogens is 1. The SMILES string of the molecule is Cc1cc(C)cc(N=c2scc(C)n2CCC[NH+]2CCOCC2)c1. The normalized spacial score (nSPS) is 16.7. The number of nitrogens with one attached hydrogen (secondary N) is 1. The predicted octanol–water partition coefficient (Wildman–Crippen LogP) is 2.01. The van der Waals surface area contributed by atoms with Crippen molar-refractivity contribution in [2.75, 3.05) is 32.8 Å². The van der Waals surface area contributed by atoms with E-state index < -0.39 is 0 Å². The lowest BCUT2D eigenvalue weighted by Crippen LogP contribution is -3.14. The third kappa shape index (κ3) is 4.56. The van der Waals surface area contributed by atoms with Crippen molar-refractivity contribution in [3.8, 4) is 0 Å². The Morgan fingerprint density at radius 3 is 2.54 bits per heavy atom. The second-order valence-electron chi connectivity index (χ2n) is 6.73. The van der Waals surface area contributed by atoms with Crippen LogP contribution in [0.15, 0.2) is 28.6 Å². The summed E-state index contributed by atoms with van der Waals surface area (Å²) in [6, 6.07) is 6.51. The fraction of sp³-hybridized carbons (Fsp3) is 0.526. The van der Waals surface area contributed by atoms with E-state index in [1.54, 1.807) is 16.2 Å². The molecule has 0 saturated carbocycles. The molecule has 2 aromatic rings. The molecule has 1 N–H and O–H groups in total. The van der Waals surface area contributed by atoms with Crippen molar-refractivity contribution in [2.24, 2.45) is 4.99 Å². The molecule has 0 aliphatic carbocycles. The van der Waals surface area contributed by atoms with E-state index >= 15 is 0 Å². The van der Waals surface area contributed by atoms with Crippen molar-refractivity contribution < 1.29 is 9.64 Å². The summed E-state index contributed by atoms with van der Waals surface area (Å²) in [5.41, 5.74) is 4.90. The van der Waals surface area contributed by atoms with Crippen LogP contribution in [0.3, 0.4) is 0 Å². The number of morpholine rings is 1. The molecule has 1 saturated heterocycles. The number of nitrogens with zero attached hydrogens (tertiary/aromatic N) is 2. The molecular formula is C19H28N3OS+. The molecule has 0 atom stereocenters. The minimum atomic E-state index is 0.910. The molecule has 2 heterocycles. The highest BCUT2D eigenvalue weighted by molar-refractivity contribution is 7.07. The topological polar surface area (TPSA) is 31.0 Å². The van der Waals surface area contributed by atoms with Gasteiger partial charge in [0.15, 0.2) is 4.80 Å².